The van der Waals surface area contributed by atoms with Gasteiger partial charge < -0.3 is 4.74 Å². The lowest BCUT2D eigenvalue weighted by Crippen LogP contribution is -2.21. The van der Waals surface area contributed by atoms with Gasteiger partial charge in [0, 0.05) is 0 Å². The molecule has 0 radical (unpaired) electrons. The average Bonchev–Trinajstić information content (AvgIpc) is 2.10. The molecule has 0 aliphatic heterocycles. The van der Waals surface area contributed by atoms with Crippen LogP contribution in [-0.2, 0) is 14.3 Å². The van der Waals surface area contributed by atoms with Gasteiger partial charge in [0.25, 0.3) is 0 Å². The average molecular weight is 185 g/mol. The van der Waals surface area contributed by atoms with E-state index in [1.165, 1.54) is 13.2 Å². The van der Waals surface area contributed by atoms with Crippen molar-refractivity contribution < 1.29 is 14.3 Å². The van der Waals surface area contributed by atoms with Crippen LogP contribution < -0.4 is 0 Å². The number of isocyanates is 1. The van der Waals surface area contributed by atoms with E-state index in [1.54, 1.807) is 0 Å². The molecule has 0 heterocycles. The van der Waals surface area contributed by atoms with Crippen LogP contribution in [0.5, 0.6) is 0 Å². The molecule has 0 aliphatic rings. The fourth-order valence-electron chi connectivity index (χ4n) is 1.13. The van der Waals surface area contributed by atoms with E-state index in [9.17, 15) is 9.59 Å². The van der Waals surface area contributed by atoms with Crippen molar-refractivity contribution in [1.29, 1.82) is 0 Å². The lowest BCUT2D eigenvalue weighted by atomic mass is 9.97. The standard InChI is InChI=1S/C9H15NO3/c1-7(2)4-8(5-10-6-11)9(12)13-3/h7-8H,4-5H2,1-3H3. The summed E-state index contributed by atoms with van der Waals surface area (Å²) in [5, 5.41) is 0. The van der Waals surface area contributed by atoms with Crippen molar-refractivity contribution in [2.75, 3.05) is 13.7 Å². The molecule has 0 aliphatic carbocycles. The number of esters is 1. The minimum atomic E-state index is -0.313. The van der Waals surface area contributed by atoms with Crippen LogP contribution in [0.25, 0.3) is 0 Å². The van der Waals surface area contributed by atoms with Crippen LogP contribution in [0.15, 0.2) is 4.99 Å². The third-order valence-corrected chi connectivity index (χ3v) is 1.67. The van der Waals surface area contributed by atoms with Gasteiger partial charge >= 0.3 is 5.97 Å². The van der Waals surface area contributed by atoms with Gasteiger partial charge in [-0.2, -0.15) is 0 Å². The number of aliphatic imine (C=N–C) groups is 1. The third-order valence-electron chi connectivity index (χ3n) is 1.67. The number of methoxy groups -OCH3 is 1. The minimum absolute atomic E-state index is 0.175. The molecule has 13 heavy (non-hydrogen) atoms. The summed E-state index contributed by atoms with van der Waals surface area (Å²) in [5.74, 6) is -0.245. The maximum atomic E-state index is 11.1. The van der Waals surface area contributed by atoms with Crippen LogP contribution in [0.3, 0.4) is 0 Å². The molecule has 1 unspecified atom stereocenters. The smallest absolute Gasteiger partial charge is 0.310 e. The molecule has 0 spiro atoms. The van der Waals surface area contributed by atoms with Crippen molar-refractivity contribution in [2.24, 2.45) is 16.8 Å². The molecule has 0 bridgehead atoms. The number of ether oxygens (including phenoxy) is 1. The molecule has 0 saturated heterocycles. The summed E-state index contributed by atoms with van der Waals surface area (Å²) >= 11 is 0. The molecule has 74 valence electrons. The van der Waals surface area contributed by atoms with Gasteiger partial charge in [-0.05, 0) is 12.3 Å². The Bertz CT molecular complexity index is 207. The molecule has 0 amide bonds. The normalized spacial score (nSPS) is 12.0. The lowest BCUT2D eigenvalue weighted by molar-refractivity contribution is -0.145. The quantitative estimate of drug-likeness (QED) is 0.367. The Hall–Kier alpha value is -1.15. The molecule has 0 aromatic carbocycles. The Kier molecular flexibility index (Phi) is 5.81. The van der Waals surface area contributed by atoms with Gasteiger partial charge in [0.1, 0.15) is 0 Å². The molecule has 0 N–H and O–H groups in total. The Morgan fingerprint density at radius 3 is 2.54 bits per heavy atom. The van der Waals surface area contributed by atoms with E-state index in [-0.39, 0.29) is 18.4 Å². The Morgan fingerprint density at radius 1 is 1.54 bits per heavy atom. The van der Waals surface area contributed by atoms with Gasteiger partial charge in [-0.3, -0.25) is 4.79 Å². The minimum Gasteiger partial charge on any atom is -0.469 e. The van der Waals surface area contributed by atoms with E-state index in [0.29, 0.717) is 12.3 Å². The molecule has 0 aromatic rings. The maximum absolute atomic E-state index is 11.1. The summed E-state index contributed by atoms with van der Waals surface area (Å²) in [6.45, 7) is 4.18. The number of hydrogen-bond acceptors (Lipinski definition) is 4. The highest BCUT2D eigenvalue weighted by Crippen LogP contribution is 2.13. The summed E-state index contributed by atoms with van der Waals surface area (Å²) in [6.07, 6.45) is 2.10. The number of hydrogen-bond donors (Lipinski definition) is 0. The first kappa shape index (κ1) is 11.8. The number of carbonyl (C=O) groups is 1. The summed E-state index contributed by atoms with van der Waals surface area (Å²) < 4.78 is 4.58. The van der Waals surface area contributed by atoms with Crippen molar-refractivity contribution in [3.05, 3.63) is 0 Å². The van der Waals surface area contributed by atoms with Crippen LogP contribution in [0.4, 0.5) is 0 Å². The van der Waals surface area contributed by atoms with Gasteiger partial charge in [-0.25, -0.2) is 9.79 Å². The van der Waals surface area contributed by atoms with Gasteiger partial charge in [0.2, 0.25) is 6.08 Å². The maximum Gasteiger partial charge on any atom is 0.310 e. The molecule has 0 aromatic heterocycles. The predicted octanol–water partition coefficient (Wildman–Crippen LogP) is 1.16. The largest absolute Gasteiger partial charge is 0.469 e. The fourth-order valence-corrected chi connectivity index (χ4v) is 1.13. The van der Waals surface area contributed by atoms with Gasteiger partial charge in [-0.15, -0.1) is 0 Å². The summed E-state index contributed by atoms with van der Waals surface area (Å²) in [6, 6.07) is 0. The molecule has 0 saturated carbocycles. The van der Waals surface area contributed by atoms with E-state index < -0.39 is 0 Å². The zero-order valence-electron chi connectivity index (χ0n) is 8.24. The van der Waals surface area contributed by atoms with E-state index in [4.69, 9.17) is 0 Å². The second-order valence-corrected chi connectivity index (χ2v) is 3.28. The molecule has 1 atom stereocenters. The molecular weight excluding hydrogens is 170 g/mol. The molecule has 4 heteroatoms. The van der Waals surface area contributed by atoms with Crippen molar-refractivity contribution in [3.63, 3.8) is 0 Å². The van der Waals surface area contributed by atoms with Crippen molar-refractivity contribution in [2.45, 2.75) is 20.3 Å². The first-order valence-corrected chi connectivity index (χ1v) is 4.23. The molecule has 0 fully saturated rings. The summed E-state index contributed by atoms with van der Waals surface area (Å²) in [5.41, 5.74) is 0. The third kappa shape index (κ3) is 5.15. The summed E-state index contributed by atoms with van der Waals surface area (Å²) in [4.78, 5) is 24.4. The highest BCUT2D eigenvalue weighted by molar-refractivity contribution is 5.72. The van der Waals surface area contributed by atoms with Gasteiger partial charge in [0.05, 0.1) is 19.6 Å². The van der Waals surface area contributed by atoms with Crippen molar-refractivity contribution in [1.82, 2.24) is 0 Å². The Morgan fingerprint density at radius 2 is 2.15 bits per heavy atom. The van der Waals surface area contributed by atoms with Crippen molar-refractivity contribution >= 4 is 12.0 Å². The Balaban J connectivity index is 4.17. The lowest BCUT2D eigenvalue weighted by Gasteiger charge is -2.13. The van der Waals surface area contributed by atoms with Crippen LogP contribution in [0.1, 0.15) is 20.3 Å². The number of carbonyl (C=O) groups excluding carboxylic acids is 2. The number of rotatable bonds is 5. The van der Waals surface area contributed by atoms with E-state index in [2.05, 4.69) is 9.73 Å². The first-order chi connectivity index (χ1) is 6.11. The van der Waals surface area contributed by atoms with E-state index in [0.717, 1.165) is 0 Å². The predicted molar refractivity (Wildman–Crippen MR) is 47.9 cm³/mol. The second-order valence-electron chi connectivity index (χ2n) is 3.28. The van der Waals surface area contributed by atoms with Gasteiger partial charge in [0.15, 0.2) is 0 Å². The van der Waals surface area contributed by atoms with Crippen LogP contribution in [0, 0.1) is 11.8 Å². The van der Waals surface area contributed by atoms with Crippen LogP contribution >= 0.6 is 0 Å². The number of nitrogens with zero attached hydrogens (tertiary/aromatic N) is 1. The highest BCUT2D eigenvalue weighted by atomic mass is 16.5. The SMILES string of the molecule is COC(=O)C(CN=C=O)CC(C)C. The molecule has 4 nitrogen and oxygen atoms in total. The Labute approximate surface area is 78.0 Å². The fraction of sp³-hybridized carbons (Fsp3) is 0.778. The van der Waals surface area contributed by atoms with E-state index >= 15 is 0 Å². The first-order valence-electron chi connectivity index (χ1n) is 4.23. The summed E-state index contributed by atoms with van der Waals surface area (Å²) in [7, 11) is 1.33. The molecular formula is C9H15NO3. The monoisotopic (exact) mass is 185 g/mol. The zero-order chi connectivity index (χ0) is 10.3. The van der Waals surface area contributed by atoms with Crippen LogP contribution in [-0.4, -0.2) is 25.7 Å². The highest BCUT2D eigenvalue weighted by Gasteiger charge is 2.19. The molecule has 0 rings (SSSR count). The van der Waals surface area contributed by atoms with E-state index in [1.807, 2.05) is 13.8 Å². The zero-order valence-corrected chi connectivity index (χ0v) is 8.24. The second kappa shape index (κ2) is 6.38. The topological polar surface area (TPSA) is 55.7 Å². The van der Waals surface area contributed by atoms with Crippen LogP contribution in [0.2, 0.25) is 0 Å². The van der Waals surface area contributed by atoms with Gasteiger partial charge in [-0.1, -0.05) is 13.8 Å². The van der Waals surface area contributed by atoms with Crippen molar-refractivity contribution in [3.8, 4) is 0 Å².